The number of hydrogen-bond donors (Lipinski definition) is 2. The number of amides is 2. The number of rotatable bonds is 7. The summed E-state index contributed by atoms with van der Waals surface area (Å²) in [7, 11) is 1.59. The second-order valence-electron chi connectivity index (χ2n) is 6.65. The molecule has 7 nitrogen and oxygen atoms in total. The van der Waals surface area contributed by atoms with Gasteiger partial charge >= 0.3 is 0 Å². The highest BCUT2D eigenvalue weighted by Crippen LogP contribution is 2.22. The number of aromatic nitrogens is 1. The molecule has 1 heterocycles. The fraction of sp³-hybridized carbons (Fsp3) is 0.227. The van der Waals surface area contributed by atoms with Gasteiger partial charge in [-0.1, -0.05) is 30.3 Å². The van der Waals surface area contributed by atoms with E-state index >= 15 is 0 Å². The van der Waals surface area contributed by atoms with Crippen molar-refractivity contribution in [3.05, 3.63) is 77.5 Å². The van der Waals surface area contributed by atoms with Crippen molar-refractivity contribution >= 4 is 17.5 Å². The van der Waals surface area contributed by atoms with E-state index in [1.165, 1.54) is 13.2 Å². The molecule has 1 aromatic heterocycles. The molecule has 0 fully saturated rings. The molecule has 0 bridgehead atoms. The largest absolute Gasteiger partial charge is 0.497 e. The SMILES string of the molecule is COc1ccc(NC(=O)c2coc([C@@H](Cc3ccccc3)NC(C)=O)n2)c(C)c1. The molecular weight excluding hydrogens is 370 g/mol. The Labute approximate surface area is 169 Å². The van der Waals surface area contributed by atoms with Gasteiger partial charge in [-0.25, -0.2) is 4.98 Å². The first kappa shape index (κ1) is 20.1. The summed E-state index contributed by atoms with van der Waals surface area (Å²) in [5, 5.41) is 5.64. The van der Waals surface area contributed by atoms with E-state index in [0.29, 0.717) is 17.9 Å². The molecule has 0 radical (unpaired) electrons. The third kappa shape index (κ3) is 5.22. The molecule has 0 unspecified atom stereocenters. The van der Waals surface area contributed by atoms with Crippen LogP contribution in [0.5, 0.6) is 5.75 Å². The Morgan fingerprint density at radius 3 is 2.59 bits per heavy atom. The van der Waals surface area contributed by atoms with Crippen LogP contribution in [0.3, 0.4) is 0 Å². The molecule has 0 aliphatic rings. The number of oxazole rings is 1. The topological polar surface area (TPSA) is 93.5 Å². The Balaban J connectivity index is 1.76. The van der Waals surface area contributed by atoms with Crippen molar-refractivity contribution in [1.29, 1.82) is 0 Å². The number of benzene rings is 2. The minimum atomic E-state index is -0.473. The van der Waals surface area contributed by atoms with Gasteiger partial charge in [0.2, 0.25) is 11.8 Å². The fourth-order valence-electron chi connectivity index (χ4n) is 2.94. The van der Waals surface area contributed by atoms with Crippen LogP contribution in [0.1, 0.15) is 40.5 Å². The van der Waals surface area contributed by atoms with E-state index in [-0.39, 0.29) is 17.5 Å². The van der Waals surface area contributed by atoms with Crippen LogP contribution in [-0.2, 0) is 11.2 Å². The van der Waals surface area contributed by atoms with Gasteiger partial charge in [0.05, 0.1) is 7.11 Å². The first-order chi connectivity index (χ1) is 14.0. The minimum Gasteiger partial charge on any atom is -0.497 e. The molecule has 2 aromatic carbocycles. The van der Waals surface area contributed by atoms with Gasteiger partial charge in [-0.05, 0) is 36.2 Å². The summed E-state index contributed by atoms with van der Waals surface area (Å²) in [5.41, 5.74) is 2.67. The molecule has 1 atom stereocenters. The monoisotopic (exact) mass is 393 g/mol. The maximum Gasteiger partial charge on any atom is 0.277 e. The minimum absolute atomic E-state index is 0.138. The van der Waals surface area contributed by atoms with Crippen LogP contribution in [0, 0.1) is 6.92 Å². The fourth-order valence-corrected chi connectivity index (χ4v) is 2.94. The van der Waals surface area contributed by atoms with Crippen LogP contribution >= 0.6 is 0 Å². The van der Waals surface area contributed by atoms with E-state index in [4.69, 9.17) is 9.15 Å². The average Bonchev–Trinajstić information content (AvgIpc) is 3.20. The summed E-state index contributed by atoms with van der Waals surface area (Å²) in [6, 6.07) is 14.6. The van der Waals surface area contributed by atoms with Crippen molar-refractivity contribution in [3.8, 4) is 5.75 Å². The van der Waals surface area contributed by atoms with Crippen molar-refractivity contribution < 1.29 is 18.7 Å². The molecule has 0 aliphatic heterocycles. The number of aryl methyl sites for hydroxylation is 1. The van der Waals surface area contributed by atoms with E-state index in [2.05, 4.69) is 15.6 Å². The number of nitrogens with one attached hydrogen (secondary N) is 2. The smallest absolute Gasteiger partial charge is 0.277 e. The zero-order valence-corrected chi connectivity index (χ0v) is 16.6. The van der Waals surface area contributed by atoms with Crippen LogP contribution in [0.4, 0.5) is 5.69 Å². The average molecular weight is 393 g/mol. The summed E-state index contributed by atoms with van der Waals surface area (Å²) < 4.78 is 10.7. The Bertz CT molecular complexity index is 998. The lowest BCUT2D eigenvalue weighted by Gasteiger charge is -2.14. The standard InChI is InChI=1S/C22H23N3O4/c1-14-11-17(28-3)9-10-18(14)24-21(27)20-13-29-22(25-20)19(23-15(2)26)12-16-7-5-4-6-8-16/h4-11,13,19H,12H2,1-3H3,(H,23,26)(H,24,27)/t19-/m1/s1. The lowest BCUT2D eigenvalue weighted by molar-refractivity contribution is -0.119. The van der Waals surface area contributed by atoms with E-state index in [9.17, 15) is 9.59 Å². The van der Waals surface area contributed by atoms with Crippen LogP contribution in [-0.4, -0.2) is 23.9 Å². The third-order valence-electron chi connectivity index (χ3n) is 4.39. The highest BCUT2D eigenvalue weighted by molar-refractivity contribution is 6.03. The van der Waals surface area contributed by atoms with Gasteiger partial charge in [-0.15, -0.1) is 0 Å². The van der Waals surface area contributed by atoms with Crippen LogP contribution in [0.2, 0.25) is 0 Å². The molecule has 3 aromatic rings. The van der Waals surface area contributed by atoms with Gasteiger partial charge in [0, 0.05) is 19.0 Å². The van der Waals surface area contributed by atoms with Gasteiger partial charge < -0.3 is 19.8 Å². The Morgan fingerprint density at radius 1 is 1.17 bits per heavy atom. The molecule has 0 saturated heterocycles. The first-order valence-electron chi connectivity index (χ1n) is 9.18. The molecule has 29 heavy (non-hydrogen) atoms. The summed E-state index contributed by atoms with van der Waals surface area (Å²) in [6.45, 7) is 3.31. The number of anilines is 1. The zero-order valence-electron chi connectivity index (χ0n) is 16.6. The molecule has 0 spiro atoms. The summed E-state index contributed by atoms with van der Waals surface area (Å²) in [5.74, 6) is 0.391. The summed E-state index contributed by atoms with van der Waals surface area (Å²) in [6.07, 6.45) is 1.79. The molecule has 2 N–H and O–H groups in total. The van der Waals surface area contributed by atoms with Gasteiger partial charge in [0.25, 0.3) is 5.91 Å². The zero-order chi connectivity index (χ0) is 20.8. The maximum absolute atomic E-state index is 12.6. The normalized spacial score (nSPS) is 11.6. The molecule has 2 amide bonds. The predicted molar refractivity (Wildman–Crippen MR) is 109 cm³/mol. The van der Waals surface area contributed by atoms with E-state index in [1.807, 2.05) is 43.3 Å². The predicted octanol–water partition coefficient (Wildman–Crippen LogP) is 3.66. The third-order valence-corrected chi connectivity index (χ3v) is 4.39. The Morgan fingerprint density at radius 2 is 1.93 bits per heavy atom. The Hall–Kier alpha value is -3.61. The molecule has 0 aliphatic carbocycles. The lowest BCUT2D eigenvalue weighted by atomic mass is 10.1. The van der Waals surface area contributed by atoms with Crippen molar-refractivity contribution in [2.45, 2.75) is 26.3 Å². The number of carbonyl (C=O) groups is 2. The first-order valence-corrected chi connectivity index (χ1v) is 9.18. The molecule has 7 heteroatoms. The van der Waals surface area contributed by atoms with Crippen LogP contribution in [0.25, 0.3) is 0 Å². The molecule has 0 saturated carbocycles. The van der Waals surface area contributed by atoms with E-state index in [0.717, 1.165) is 11.1 Å². The number of carbonyl (C=O) groups excluding carboxylic acids is 2. The highest BCUT2D eigenvalue weighted by atomic mass is 16.5. The van der Waals surface area contributed by atoms with E-state index in [1.54, 1.807) is 19.2 Å². The summed E-state index contributed by atoms with van der Waals surface area (Å²) in [4.78, 5) is 28.5. The number of hydrogen-bond acceptors (Lipinski definition) is 5. The van der Waals surface area contributed by atoms with Crippen molar-refractivity contribution in [2.75, 3.05) is 12.4 Å². The van der Waals surface area contributed by atoms with Crippen molar-refractivity contribution in [3.63, 3.8) is 0 Å². The molecule has 3 rings (SSSR count). The summed E-state index contributed by atoms with van der Waals surface area (Å²) >= 11 is 0. The maximum atomic E-state index is 12.6. The van der Waals surface area contributed by atoms with Gasteiger partial charge in [-0.3, -0.25) is 9.59 Å². The second-order valence-corrected chi connectivity index (χ2v) is 6.65. The Kier molecular flexibility index (Phi) is 6.29. The molecule has 150 valence electrons. The van der Waals surface area contributed by atoms with Gasteiger partial charge in [0.1, 0.15) is 18.1 Å². The second kappa shape index (κ2) is 9.05. The van der Waals surface area contributed by atoms with Crippen molar-refractivity contribution in [1.82, 2.24) is 10.3 Å². The quantitative estimate of drug-likeness (QED) is 0.639. The van der Waals surface area contributed by atoms with Gasteiger partial charge in [0.15, 0.2) is 5.69 Å². The van der Waals surface area contributed by atoms with Crippen LogP contribution in [0.15, 0.2) is 59.2 Å². The number of ether oxygens (including phenoxy) is 1. The highest BCUT2D eigenvalue weighted by Gasteiger charge is 2.22. The number of nitrogens with zero attached hydrogens (tertiary/aromatic N) is 1. The molecular formula is C22H23N3O4. The van der Waals surface area contributed by atoms with Gasteiger partial charge in [-0.2, -0.15) is 0 Å². The number of methoxy groups -OCH3 is 1. The van der Waals surface area contributed by atoms with Crippen LogP contribution < -0.4 is 15.4 Å². The van der Waals surface area contributed by atoms with E-state index < -0.39 is 11.9 Å². The lowest BCUT2D eigenvalue weighted by Crippen LogP contribution is -2.28. The van der Waals surface area contributed by atoms with Crippen molar-refractivity contribution in [2.24, 2.45) is 0 Å².